The van der Waals surface area contributed by atoms with Gasteiger partial charge in [0.15, 0.2) is 22.5 Å². The van der Waals surface area contributed by atoms with Crippen molar-refractivity contribution in [1.82, 2.24) is 30.0 Å². The molecule has 0 fully saturated rings. The Morgan fingerprint density at radius 3 is 2.82 bits per heavy atom. The van der Waals surface area contributed by atoms with Crippen molar-refractivity contribution in [3.8, 4) is 28.6 Å². The summed E-state index contributed by atoms with van der Waals surface area (Å²) in [6.07, 6.45) is 3.51. The summed E-state index contributed by atoms with van der Waals surface area (Å²) < 4.78 is 12.8. The van der Waals surface area contributed by atoms with Gasteiger partial charge >= 0.3 is 0 Å². The van der Waals surface area contributed by atoms with Gasteiger partial charge < -0.3 is 14.8 Å². The lowest BCUT2D eigenvalue weighted by molar-refractivity contribution is 0.0946. The third-order valence-electron chi connectivity index (χ3n) is 5.84. The van der Waals surface area contributed by atoms with Crippen LogP contribution in [-0.2, 0) is 12.3 Å². The predicted octanol–water partition coefficient (Wildman–Crippen LogP) is 5.05. The molecule has 11 heteroatoms. The molecular weight excluding hydrogens is 520 g/mol. The molecule has 0 saturated carbocycles. The van der Waals surface area contributed by atoms with Crippen LogP contribution in [0, 0.1) is 6.92 Å². The van der Waals surface area contributed by atoms with Gasteiger partial charge in [-0.25, -0.2) is 4.98 Å². The second kappa shape index (κ2) is 10.6. The summed E-state index contributed by atoms with van der Waals surface area (Å²) in [6, 6.07) is 17.7. The van der Waals surface area contributed by atoms with Crippen molar-refractivity contribution in [2.45, 2.75) is 24.4 Å². The Balaban J connectivity index is 1.15. The smallest absolute Gasteiger partial charge is 0.271 e. The maximum Gasteiger partial charge on any atom is 0.271 e. The summed E-state index contributed by atoms with van der Waals surface area (Å²) in [5.74, 6) is 2.45. The topological polar surface area (TPSA) is 104 Å². The Bertz CT molecular complexity index is 1580. The summed E-state index contributed by atoms with van der Waals surface area (Å²) >= 11 is 2.97. The number of thioether (sulfide) groups is 1. The third kappa shape index (κ3) is 5.11. The molecule has 0 saturated heterocycles. The Morgan fingerprint density at radius 2 is 1.97 bits per heavy atom. The number of hydrogen-bond acceptors (Lipinski definition) is 9. The van der Waals surface area contributed by atoms with Crippen molar-refractivity contribution in [3.05, 3.63) is 94.2 Å². The van der Waals surface area contributed by atoms with Crippen molar-refractivity contribution in [2.75, 3.05) is 6.79 Å². The zero-order valence-corrected chi connectivity index (χ0v) is 22.0. The van der Waals surface area contributed by atoms with Crippen LogP contribution in [0.3, 0.4) is 0 Å². The first-order valence-corrected chi connectivity index (χ1v) is 13.7. The predicted molar refractivity (Wildman–Crippen MR) is 145 cm³/mol. The fraction of sp³-hybridized carbons (Fsp3) is 0.148. The molecule has 0 atom stereocenters. The lowest BCUT2D eigenvalue weighted by Crippen LogP contribution is -2.23. The highest BCUT2D eigenvalue weighted by atomic mass is 32.2. The minimum absolute atomic E-state index is 0.219. The number of thiazole rings is 1. The molecule has 1 amide bonds. The zero-order chi connectivity index (χ0) is 25.9. The number of carbonyl (C=O) groups is 1. The van der Waals surface area contributed by atoms with Crippen LogP contribution in [0.5, 0.6) is 11.5 Å². The largest absolute Gasteiger partial charge is 0.454 e. The molecule has 0 bridgehead atoms. The Morgan fingerprint density at radius 1 is 1.11 bits per heavy atom. The van der Waals surface area contributed by atoms with Crippen LogP contribution in [0.2, 0.25) is 0 Å². The molecule has 0 spiro atoms. The van der Waals surface area contributed by atoms with Gasteiger partial charge in [-0.3, -0.25) is 14.3 Å². The van der Waals surface area contributed by atoms with E-state index in [9.17, 15) is 4.79 Å². The van der Waals surface area contributed by atoms with Gasteiger partial charge in [0.05, 0.1) is 5.75 Å². The monoisotopic (exact) mass is 542 g/mol. The van der Waals surface area contributed by atoms with E-state index in [1.165, 1.54) is 28.7 Å². The van der Waals surface area contributed by atoms with E-state index in [0.29, 0.717) is 35.3 Å². The summed E-state index contributed by atoms with van der Waals surface area (Å²) in [6.45, 7) is 2.64. The van der Waals surface area contributed by atoms with E-state index < -0.39 is 0 Å². The highest BCUT2D eigenvalue weighted by Crippen LogP contribution is 2.33. The molecule has 190 valence electrons. The summed E-state index contributed by atoms with van der Waals surface area (Å²) in [7, 11) is 0. The van der Waals surface area contributed by atoms with Crippen LogP contribution < -0.4 is 14.8 Å². The van der Waals surface area contributed by atoms with Gasteiger partial charge in [0.25, 0.3) is 5.91 Å². The van der Waals surface area contributed by atoms with Crippen molar-refractivity contribution in [2.24, 2.45) is 0 Å². The van der Waals surface area contributed by atoms with E-state index in [-0.39, 0.29) is 12.7 Å². The molecule has 0 unspecified atom stereocenters. The molecule has 3 aromatic heterocycles. The van der Waals surface area contributed by atoms with Crippen LogP contribution in [0.25, 0.3) is 17.1 Å². The number of nitrogens with one attached hydrogen (secondary N) is 1. The zero-order valence-electron chi connectivity index (χ0n) is 20.3. The minimum Gasteiger partial charge on any atom is -0.454 e. The second-order valence-corrected chi connectivity index (χ2v) is 10.4. The number of rotatable bonds is 8. The van der Waals surface area contributed by atoms with Crippen LogP contribution >= 0.6 is 23.1 Å². The fourth-order valence-corrected chi connectivity index (χ4v) is 5.65. The summed E-state index contributed by atoms with van der Waals surface area (Å²) in [5, 5.41) is 15.2. The molecule has 2 aromatic carbocycles. The molecular formula is C27H22N6O3S2. The molecule has 4 heterocycles. The number of fused-ring (bicyclic) bond motifs is 1. The number of benzene rings is 2. The summed E-state index contributed by atoms with van der Waals surface area (Å²) in [4.78, 5) is 21.5. The lowest BCUT2D eigenvalue weighted by Gasteiger charge is -2.10. The fourth-order valence-electron chi connectivity index (χ4n) is 3.90. The third-order valence-corrected chi connectivity index (χ3v) is 7.82. The van der Waals surface area contributed by atoms with Gasteiger partial charge in [0, 0.05) is 35.6 Å². The lowest BCUT2D eigenvalue weighted by atomic mass is 10.2. The van der Waals surface area contributed by atoms with Crippen LogP contribution in [-0.4, -0.2) is 37.4 Å². The average molecular weight is 543 g/mol. The van der Waals surface area contributed by atoms with E-state index in [4.69, 9.17) is 9.47 Å². The Labute approximate surface area is 226 Å². The van der Waals surface area contributed by atoms with Gasteiger partial charge in [-0.2, -0.15) is 0 Å². The normalized spacial score (nSPS) is 12.0. The first-order valence-electron chi connectivity index (χ1n) is 11.8. The number of hydrogen-bond donors (Lipinski definition) is 1. The van der Waals surface area contributed by atoms with Gasteiger partial charge in [-0.15, -0.1) is 21.5 Å². The molecule has 0 aliphatic carbocycles. The van der Waals surface area contributed by atoms with E-state index in [2.05, 4.69) is 56.7 Å². The van der Waals surface area contributed by atoms with Crippen molar-refractivity contribution < 1.29 is 14.3 Å². The summed E-state index contributed by atoms with van der Waals surface area (Å²) in [5.41, 5.74) is 4.33. The number of ether oxygens (including phenoxy) is 2. The van der Waals surface area contributed by atoms with Crippen LogP contribution in [0.4, 0.5) is 0 Å². The highest BCUT2D eigenvalue weighted by molar-refractivity contribution is 7.98. The molecule has 1 N–H and O–H groups in total. The molecule has 9 nitrogen and oxygen atoms in total. The quantitative estimate of drug-likeness (QED) is 0.272. The second-order valence-electron chi connectivity index (χ2n) is 8.50. The standard InChI is InChI=1S/C27H22N6O3S2/c1-17-4-7-20(8-5-17)33-25(19-3-2-10-28-13-19)31-32-27(33)38-15-24-30-21(14-37-24)26(34)29-12-18-6-9-22-23(11-18)36-16-35-22/h2-11,13-14H,12,15-16H2,1H3,(H,29,34). The van der Waals surface area contributed by atoms with Gasteiger partial charge in [-0.1, -0.05) is 35.5 Å². The number of aryl methyl sites for hydroxylation is 1. The van der Waals surface area contributed by atoms with E-state index in [1.807, 2.05) is 34.9 Å². The maximum absolute atomic E-state index is 12.7. The number of nitrogens with zero attached hydrogens (tertiary/aromatic N) is 5. The average Bonchev–Trinajstić information content (AvgIpc) is 3.71. The van der Waals surface area contributed by atoms with Gasteiger partial charge in [0.2, 0.25) is 6.79 Å². The van der Waals surface area contributed by atoms with Crippen molar-refractivity contribution in [1.29, 1.82) is 0 Å². The minimum atomic E-state index is -0.225. The highest BCUT2D eigenvalue weighted by Gasteiger charge is 2.18. The Hall–Kier alpha value is -4.22. The molecule has 0 radical (unpaired) electrons. The van der Waals surface area contributed by atoms with Crippen LogP contribution in [0.1, 0.15) is 26.6 Å². The van der Waals surface area contributed by atoms with E-state index in [1.54, 1.807) is 17.8 Å². The van der Waals surface area contributed by atoms with E-state index in [0.717, 1.165) is 27.0 Å². The first-order chi connectivity index (χ1) is 18.6. The molecule has 38 heavy (non-hydrogen) atoms. The molecule has 5 aromatic rings. The number of carbonyl (C=O) groups excluding carboxylic acids is 1. The van der Waals surface area contributed by atoms with E-state index >= 15 is 0 Å². The number of pyridine rings is 1. The van der Waals surface area contributed by atoms with Crippen molar-refractivity contribution >= 4 is 29.0 Å². The number of aromatic nitrogens is 5. The molecule has 6 rings (SSSR count). The van der Waals surface area contributed by atoms with Gasteiger partial charge in [0.1, 0.15) is 10.7 Å². The maximum atomic E-state index is 12.7. The van der Waals surface area contributed by atoms with Crippen molar-refractivity contribution in [3.63, 3.8) is 0 Å². The number of amides is 1. The molecule has 1 aliphatic heterocycles. The molecule has 1 aliphatic rings. The SMILES string of the molecule is Cc1ccc(-n2c(SCc3nc(C(=O)NCc4ccc5c(c4)OCO5)cs3)nnc2-c2cccnc2)cc1. The van der Waals surface area contributed by atoms with Crippen LogP contribution in [0.15, 0.2) is 77.5 Å². The first kappa shape index (κ1) is 24.1. The Kier molecular flexibility index (Phi) is 6.76. The van der Waals surface area contributed by atoms with Gasteiger partial charge in [-0.05, 0) is 48.9 Å².